The third-order valence-corrected chi connectivity index (χ3v) is 0.618. The minimum absolute atomic E-state index is 0.653. The molecule has 1 heterocycles. The lowest BCUT2D eigenvalue weighted by Gasteiger charge is -2.03. The van der Waals surface area contributed by atoms with Gasteiger partial charge in [0.25, 0.3) is 0 Å². The fraction of sp³-hybridized carbons (Fsp3) is 0. The predicted molar refractivity (Wildman–Crippen MR) is 23.2 cm³/mol. The molecule has 1 amide bonds. The molecule has 8 heavy (non-hydrogen) atoms. The van der Waals surface area contributed by atoms with E-state index in [0.717, 1.165) is 0 Å². The molecule has 0 aromatic rings. The van der Waals surface area contributed by atoms with Gasteiger partial charge in [-0.1, -0.05) is 0 Å². The van der Waals surface area contributed by atoms with Gasteiger partial charge in [-0.25, -0.2) is 10.3 Å². The summed E-state index contributed by atoms with van der Waals surface area (Å²) >= 11 is 0. The standard InChI is InChI=1S/C3H4N2O3/c6-3(7)5-2-1-4-8-5/h1-2,4H,(H,6,7). The summed E-state index contributed by atoms with van der Waals surface area (Å²) in [6, 6.07) is 0. The summed E-state index contributed by atoms with van der Waals surface area (Å²) in [4.78, 5) is 14.2. The van der Waals surface area contributed by atoms with Gasteiger partial charge in [0.1, 0.15) is 0 Å². The van der Waals surface area contributed by atoms with Gasteiger partial charge in [-0.2, -0.15) is 0 Å². The highest BCUT2D eigenvalue weighted by atomic mass is 16.8. The Bertz CT molecular complexity index is 132. The quantitative estimate of drug-likeness (QED) is 0.463. The van der Waals surface area contributed by atoms with Crippen LogP contribution in [0.25, 0.3) is 0 Å². The Balaban J connectivity index is 2.48. The average Bonchev–Trinajstić information content (AvgIpc) is 2.12. The molecule has 2 N–H and O–H groups in total. The number of hydroxylamine groups is 3. The molecule has 5 heteroatoms. The van der Waals surface area contributed by atoms with E-state index >= 15 is 0 Å². The van der Waals surface area contributed by atoms with Gasteiger partial charge in [-0.15, -0.1) is 10.0 Å². The van der Waals surface area contributed by atoms with Crippen LogP contribution < -0.4 is 5.48 Å². The van der Waals surface area contributed by atoms with Crippen molar-refractivity contribution in [3.05, 3.63) is 12.4 Å². The predicted octanol–water partition coefficient (Wildman–Crippen LogP) is -0.113. The fourth-order valence-corrected chi connectivity index (χ4v) is 0.319. The highest BCUT2D eigenvalue weighted by Gasteiger charge is 2.11. The lowest BCUT2D eigenvalue weighted by atomic mass is 10.9. The maximum atomic E-state index is 9.91. The average molecular weight is 116 g/mol. The van der Waals surface area contributed by atoms with Crippen LogP contribution in [-0.2, 0) is 4.94 Å². The van der Waals surface area contributed by atoms with Crippen molar-refractivity contribution in [2.45, 2.75) is 0 Å². The normalized spacial score (nSPS) is 16.2. The first-order valence-corrected chi connectivity index (χ1v) is 1.92. The number of carbonyl (C=O) groups is 1. The Morgan fingerprint density at radius 3 is 2.88 bits per heavy atom. The number of carboxylic acid groups (broad SMARTS) is 1. The first-order valence-electron chi connectivity index (χ1n) is 1.92. The summed E-state index contributed by atoms with van der Waals surface area (Å²) in [6.45, 7) is 0. The van der Waals surface area contributed by atoms with E-state index < -0.39 is 6.09 Å². The summed E-state index contributed by atoms with van der Waals surface area (Å²) < 4.78 is 0. The minimum atomic E-state index is -1.15. The maximum Gasteiger partial charge on any atom is 0.437 e. The van der Waals surface area contributed by atoms with Crippen molar-refractivity contribution in [3.63, 3.8) is 0 Å². The van der Waals surface area contributed by atoms with E-state index in [9.17, 15) is 4.79 Å². The van der Waals surface area contributed by atoms with Gasteiger partial charge in [0, 0.05) is 6.20 Å². The lowest BCUT2D eigenvalue weighted by molar-refractivity contribution is -0.117. The van der Waals surface area contributed by atoms with Crippen LogP contribution in [-0.4, -0.2) is 16.3 Å². The highest BCUT2D eigenvalue weighted by Crippen LogP contribution is 1.94. The van der Waals surface area contributed by atoms with Crippen LogP contribution in [0.1, 0.15) is 0 Å². The van der Waals surface area contributed by atoms with Crippen molar-refractivity contribution in [3.8, 4) is 0 Å². The Morgan fingerprint density at radius 1 is 1.88 bits per heavy atom. The summed E-state index contributed by atoms with van der Waals surface area (Å²) in [5.74, 6) is 0. The van der Waals surface area contributed by atoms with E-state index in [0.29, 0.717) is 5.06 Å². The van der Waals surface area contributed by atoms with Crippen LogP contribution in [0.2, 0.25) is 0 Å². The van der Waals surface area contributed by atoms with E-state index in [1.54, 1.807) is 0 Å². The molecular formula is C3H4N2O3. The van der Waals surface area contributed by atoms with Crippen LogP contribution in [0.3, 0.4) is 0 Å². The second-order valence-corrected chi connectivity index (χ2v) is 1.13. The molecule has 0 saturated heterocycles. The molecule has 1 aliphatic rings. The van der Waals surface area contributed by atoms with Crippen LogP contribution in [0.5, 0.6) is 0 Å². The Morgan fingerprint density at radius 2 is 2.62 bits per heavy atom. The molecule has 1 rings (SSSR count). The summed E-state index contributed by atoms with van der Waals surface area (Å²) in [6.07, 6.45) is 1.47. The summed E-state index contributed by atoms with van der Waals surface area (Å²) in [7, 11) is 0. The van der Waals surface area contributed by atoms with E-state index in [1.807, 2.05) is 0 Å². The van der Waals surface area contributed by atoms with Crippen molar-refractivity contribution in [1.29, 1.82) is 0 Å². The zero-order chi connectivity index (χ0) is 5.98. The first-order chi connectivity index (χ1) is 3.80. The van der Waals surface area contributed by atoms with Crippen molar-refractivity contribution in [1.82, 2.24) is 10.5 Å². The smallest absolute Gasteiger partial charge is 0.437 e. The number of nitrogens with one attached hydrogen (secondary N) is 1. The van der Waals surface area contributed by atoms with Crippen molar-refractivity contribution < 1.29 is 14.8 Å². The Labute approximate surface area is 45.1 Å². The van der Waals surface area contributed by atoms with E-state index in [2.05, 4.69) is 10.4 Å². The molecule has 0 fully saturated rings. The third kappa shape index (κ3) is 0.710. The zero-order valence-corrected chi connectivity index (χ0v) is 3.87. The van der Waals surface area contributed by atoms with Gasteiger partial charge in [0.05, 0.1) is 6.20 Å². The minimum Gasteiger partial charge on any atom is -0.463 e. The molecule has 0 saturated carbocycles. The van der Waals surface area contributed by atoms with Crippen LogP contribution >= 0.6 is 0 Å². The maximum absolute atomic E-state index is 9.91. The van der Waals surface area contributed by atoms with E-state index in [-0.39, 0.29) is 0 Å². The first kappa shape index (κ1) is 4.92. The van der Waals surface area contributed by atoms with Gasteiger partial charge in [0.2, 0.25) is 0 Å². The number of nitrogens with zero attached hydrogens (tertiary/aromatic N) is 1. The molecule has 0 atom stereocenters. The Hall–Kier alpha value is -1.23. The second kappa shape index (κ2) is 1.71. The topological polar surface area (TPSA) is 61.8 Å². The summed E-state index contributed by atoms with van der Waals surface area (Å²) in [5.41, 5.74) is 2.22. The van der Waals surface area contributed by atoms with Crippen molar-refractivity contribution in [2.24, 2.45) is 0 Å². The number of hydrogen-bond acceptors (Lipinski definition) is 3. The van der Waals surface area contributed by atoms with Gasteiger partial charge in [-0.3, -0.25) is 0 Å². The SMILES string of the molecule is O=C(O)N1C=CNO1. The molecular weight excluding hydrogens is 112 g/mol. The molecule has 5 nitrogen and oxygen atoms in total. The molecule has 0 bridgehead atoms. The monoisotopic (exact) mass is 116 g/mol. The van der Waals surface area contributed by atoms with Crippen LogP contribution in [0.15, 0.2) is 12.4 Å². The molecule has 0 radical (unpaired) electrons. The van der Waals surface area contributed by atoms with Crippen LogP contribution in [0, 0.1) is 0 Å². The molecule has 0 aromatic carbocycles. The molecule has 0 aliphatic carbocycles. The van der Waals surface area contributed by atoms with Gasteiger partial charge in [-0.05, 0) is 0 Å². The van der Waals surface area contributed by atoms with Crippen molar-refractivity contribution in [2.75, 3.05) is 0 Å². The second-order valence-electron chi connectivity index (χ2n) is 1.13. The number of amides is 1. The van der Waals surface area contributed by atoms with E-state index in [4.69, 9.17) is 5.11 Å². The van der Waals surface area contributed by atoms with Crippen LogP contribution in [0.4, 0.5) is 4.79 Å². The molecule has 0 aromatic heterocycles. The summed E-state index contributed by atoms with van der Waals surface area (Å²) in [5, 5.41) is 8.78. The number of hydrogen-bond donors (Lipinski definition) is 2. The van der Waals surface area contributed by atoms with E-state index in [1.165, 1.54) is 12.4 Å². The molecule has 0 spiro atoms. The zero-order valence-electron chi connectivity index (χ0n) is 3.87. The molecule has 1 aliphatic heterocycles. The number of rotatable bonds is 0. The van der Waals surface area contributed by atoms with Gasteiger partial charge in [0.15, 0.2) is 0 Å². The lowest BCUT2D eigenvalue weighted by Crippen LogP contribution is -2.22. The highest BCUT2D eigenvalue weighted by molar-refractivity contribution is 5.64. The van der Waals surface area contributed by atoms with Crippen molar-refractivity contribution >= 4 is 6.09 Å². The Kier molecular flexibility index (Phi) is 1.05. The fourth-order valence-electron chi connectivity index (χ4n) is 0.319. The molecule has 44 valence electrons. The third-order valence-electron chi connectivity index (χ3n) is 0.618. The van der Waals surface area contributed by atoms with Gasteiger partial charge >= 0.3 is 6.09 Å². The largest absolute Gasteiger partial charge is 0.463 e. The molecule has 0 unspecified atom stereocenters. The van der Waals surface area contributed by atoms with Gasteiger partial charge < -0.3 is 5.11 Å².